The Kier molecular flexibility index (Phi) is 3.00. The zero-order chi connectivity index (χ0) is 13.2. The van der Waals surface area contributed by atoms with Crippen LogP contribution in [0.15, 0.2) is 36.7 Å². The van der Waals surface area contributed by atoms with E-state index in [4.69, 9.17) is 0 Å². The molecule has 0 radical (unpaired) electrons. The molecule has 0 unspecified atom stereocenters. The lowest BCUT2D eigenvalue weighted by atomic mass is 10.3. The molecule has 3 aromatic rings. The Balaban J connectivity index is 1.75. The number of hydrogen-bond acceptors (Lipinski definition) is 4. The first-order valence-electron chi connectivity index (χ1n) is 5.85. The van der Waals surface area contributed by atoms with Crippen LogP contribution < -0.4 is 5.32 Å². The number of fused-ring (bicyclic) bond motifs is 1. The van der Waals surface area contributed by atoms with Gasteiger partial charge in [0, 0.05) is 18.1 Å². The van der Waals surface area contributed by atoms with Gasteiger partial charge in [-0.05, 0) is 31.2 Å². The fourth-order valence-corrected chi connectivity index (χ4v) is 2.67. The van der Waals surface area contributed by atoms with Gasteiger partial charge in [0.1, 0.15) is 6.54 Å². The minimum absolute atomic E-state index is 0.102. The van der Waals surface area contributed by atoms with Gasteiger partial charge in [0.25, 0.3) is 0 Å². The number of nitrogens with one attached hydrogen (secondary N) is 1. The van der Waals surface area contributed by atoms with Crippen LogP contribution in [-0.2, 0) is 11.3 Å². The van der Waals surface area contributed by atoms with E-state index in [-0.39, 0.29) is 12.5 Å². The third-order valence-electron chi connectivity index (χ3n) is 2.64. The molecule has 3 rings (SSSR count). The van der Waals surface area contributed by atoms with Crippen molar-refractivity contribution >= 4 is 33.1 Å². The Labute approximate surface area is 113 Å². The van der Waals surface area contributed by atoms with Crippen LogP contribution in [0.2, 0.25) is 0 Å². The monoisotopic (exact) mass is 272 g/mol. The van der Waals surface area contributed by atoms with Gasteiger partial charge in [0.2, 0.25) is 5.91 Å². The molecule has 1 amide bonds. The molecule has 5 nitrogen and oxygen atoms in total. The first-order valence-corrected chi connectivity index (χ1v) is 6.67. The molecular weight excluding hydrogens is 260 g/mol. The fraction of sp³-hybridized carbons (Fsp3) is 0.154. The van der Waals surface area contributed by atoms with Crippen LogP contribution >= 0.6 is 11.3 Å². The van der Waals surface area contributed by atoms with Crippen molar-refractivity contribution in [3.8, 4) is 0 Å². The third-order valence-corrected chi connectivity index (χ3v) is 3.59. The molecule has 0 aliphatic rings. The van der Waals surface area contributed by atoms with Crippen molar-refractivity contribution in [1.29, 1.82) is 0 Å². The number of benzene rings is 1. The van der Waals surface area contributed by atoms with Crippen molar-refractivity contribution in [3.63, 3.8) is 0 Å². The maximum absolute atomic E-state index is 11.8. The fourth-order valence-electron chi connectivity index (χ4n) is 1.86. The van der Waals surface area contributed by atoms with E-state index in [1.807, 2.05) is 25.1 Å². The van der Waals surface area contributed by atoms with E-state index in [0.717, 1.165) is 20.9 Å². The van der Waals surface area contributed by atoms with E-state index < -0.39 is 0 Å². The van der Waals surface area contributed by atoms with Gasteiger partial charge in [-0.3, -0.25) is 9.48 Å². The van der Waals surface area contributed by atoms with Gasteiger partial charge in [-0.2, -0.15) is 5.10 Å². The van der Waals surface area contributed by atoms with Crippen molar-refractivity contribution in [1.82, 2.24) is 14.8 Å². The molecule has 0 saturated carbocycles. The largest absolute Gasteiger partial charge is 0.324 e. The number of carbonyl (C=O) groups excluding carboxylic acids is 1. The van der Waals surface area contributed by atoms with Gasteiger partial charge in [-0.15, -0.1) is 11.3 Å². The molecule has 2 aromatic heterocycles. The second kappa shape index (κ2) is 4.81. The second-order valence-corrected chi connectivity index (χ2v) is 5.40. The summed E-state index contributed by atoms with van der Waals surface area (Å²) >= 11 is 1.65. The first kappa shape index (κ1) is 11.9. The highest BCUT2D eigenvalue weighted by Crippen LogP contribution is 2.24. The smallest absolute Gasteiger partial charge is 0.246 e. The zero-order valence-corrected chi connectivity index (χ0v) is 11.1. The number of nitrogens with zero attached hydrogens (tertiary/aromatic N) is 3. The van der Waals surface area contributed by atoms with Gasteiger partial charge in [0.05, 0.1) is 15.2 Å². The van der Waals surface area contributed by atoms with Crippen molar-refractivity contribution in [2.75, 3.05) is 5.32 Å². The number of rotatable bonds is 3. The Morgan fingerprint density at radius 1 is 1.47 bits per heavy atom. The van der Waals surface area contributed by atoms with Crippen molar-refractivity contribution < 1.29 is 4.79 Å². The molecule has 0 bridgehead atoms. The van der Waals surface area contributed by atoms with Crippen LogP contribution in [0.1, 0.15) is 5.01 Å². The number of anilines is 1. The Bertz CT molecular complexity index is 717. The van der Waals surface area contributed by atoms with E-state index in [2.05, 4.69) is 15.4 Å². The molecule has 2 heterocycles. The maximum atomic E-state index is 11.8. The summed E-state index contributed by atoms with van der Waals surface area (Å²) in [5.74, 6) is -0.102. The molecule has 0 fully saturated rings. The lowest BCUT2D eigenvalue weighted by Gasteiger charge is -2.05. The van der Waals surface area contributed by atoms with Crippen molar-refractivity contribution in [2.24, 2.45) is 0 Å². The lowest BCUT2D eigenvalue weighted by molar-refractivity contribution is -0.116. The molecule has 1 N–H and O–H groups in total. The van der Waals surface area contributed by atoms with Gasteiger partial charge in [0.15, 0.2) is 0 Å². The number of thiazole rings is 1. The van der Waals surface area contributed by atoms with Crippen LogP contribution in [0.4, 0.5) is 5.69 Å². The number of amides is 1. The zero-order valence-electron chi connectivity index (χ0n) is 10.3. The third kappa shape index (κ3) is 2.63. The Hall–Kier alpha value is -2.21. The van der Waals surface area contributed by atoms with Gasteiger partial charge in [-0.1, -0.05) is 0 Å². The number of carbonyl (C=O) groups is 1. The SMILES string of the molecule is Cc1nc2cc(NC(=O)Cn3cccn3)ccc2s1. The van der Waals surface area contributed by atoms with Crippen LogP contribution in [-0.4, -0.2) is 20.7 Å². The molecule has 0 aliphatic carbocycles. The molecule has 0 saturated heterocycles. The molecule has 0 spiro atoms. The highest BCUT2D eigenvalue weighted by molar-refractivity contribution is 7.18. The molecule has 1 aromatic carbocycles. The number of aryl methyl sites for hydroxylation is 1. The quantitative estimate of drug-likeness (QED) is 0.796. The summed E-state index contributed by atoms with van der Waals surface area (Å²) in [4.78, 5) is 16.2. The van der Waals surface area contributed by atoms with Crippen LogP contribution in [0.5, 0.6) is 0 Å². The molecular formula is C13H12N4OS. The topological polar surface area (TPSA) is 59.8 Å². The number of aromatic nitrogens is 3. The highest BCUT2D eigenvalue weighted by atomic mass is 32.1. The number of hydrogen-bond donors (Lipinski definition) is 1. The van der Waals surface area contributed by atoms with Gasteiger partial charge < -0.3 is 5.32 Å². The normalized spacial score (nSPS) is 10.8. The minimum atomic E-state index is -0.102. The van der Waals surface area contributed by atoms with Crippen LogP contribution in [0, 0.1) is 6.92 Å². The standard InChI is InChI=1S/C13H12N4OS/c1-9-15-11-7-10(3-4-12(11)19-9)16-13(18)8-17-6-2-5-14-17/h2-7H,8H2,1H3,(H,16,18). The summed E-state index contributed by atoms with van der Waals surface area (Å²) in [6.45, 7) is 2.18. The lowest BCUT2D eigenvalue weighted by Crippen LogP contribution is -2.18. The average Bonchev–Trinajstić information content (AvgIpc) is 2.96. The first-order chi connectivity index (χ1) is 9.20. The minimum Gasteiger partial charge on any atom is -0.324 e. The van der Waals surface area contributed by atoms with E-state index >= 15 is 0 Å². The molecule has 6 heteroatoms. The van der Waals surface area contributed by atoms with E-state index in [0.29, 0.717) is 0 Å². The van der Waals surface area contributed by atoms with Crippen molar-refractivity contribution in [3.05, 3.63) is 41.7 Å². The Morgan fingerprint density at radius 2 is 2.37 bits per heavy atom. The maximum Gasteiger partial charge on any atom is 0.246 e. The van der Waals surface area contributed by atoms with Gasteiger partial charge >= 0.3 is 0 Å². The predicted octanol–water partition coefficient (Wildman–Crippen LogP) is 2.44. The second-order valence-electron chi connectivity index (χ2n) is 4.17. The Morgan fingerprint density at radius 3 is 3.16 bits per heavy atom. The molecule has 0 aliphatic heterocycles. The van der Waals surface area contributed by atoms with Crippen molar-refractivity contribution in [2.45, 2.75) is 13.5 Å². The molecule has 96 valence electrons. The van der Waals surface area contributed by atoms with Gasteiger partial charge in [-0.25, -0.2) is 4.98 Å². The van der Waals surface area contributed by atoms with E-state index in [1.54, 1.807) is 34.5 Å². The average molecular weight is 272 g/mol. The van der Waals surface area contributed by atoms with E-state index in [9.17, 15) is 4.79 Å². The summed E-state index contributed by atoms with van der Waals surface area (Å²) in [6.07, 6.45) is 3.41. The predicted molar refractivity (Wildman–Crippen MR) is 75.2 cm³/mol. The summed E-state index contributed by atoms with van der Waals surface area (Å²) < 4.78 is 2.71. The summed E-state index contributed by atoms with van der Waals surface area (Å²) in [6, 6.07) is 7.54. The van der Waals surface area contributed by atoms with Crippen LogP contribution in [0.25, 0.3) is 10.2 Å². The summed E-state index contributed by atoms with van der Waals surface area (Å²) in [5.41, 5.74) is 1.68. The molecule has 19 heavy (non-hydrogen) atoms. The van der Waals surface area contributed by atoms with Crippen LogP contribution in [0.3, 0.4) is 0 Å². The highest BCUT2D eigenvalue weighted by Gasteiger charge is 2.06. The molecule has 0 atom stereocenters. The van der Waals surface area contributed by atoms with E-state index in [1.165, 1.54) is 0 Å². The summed E-state index contributed by atoms with van der Waals surface area (Å²) in [5, 5.41) is 7.87. The summed E-state index contributed by atoms with van der Waals surface area (Å²) in [7, 11) is 0.